The monoisotopic (exact) mass is 413 g/mol. The van der Waals surface area contributed by atoms with Gasteiger partial charge in [-0.25, -0.2) is 0 Å². The summed E-state index contributed by atoms with van der Waals surface area (Å²) in [4.78, 5) is 18.7. The molecule has 1 aromatic heterocycles. The zero-order valence-corrected chi connectivity index (χ0v) is 15.6. The molecule has 1 saturated heterocycles. The van der Waals surface area contributed by atoms with Crippen molar-refractivity contribution < 1.29 is 14.1 Å². The Morgan fingerprint density at radius 2 is 2.04 bits per heavy atom. The number of hydrogen-bond acceptors (Lipinski definition) is 5. The van der Waals surface area contributed by atoms with E-state index in [1.807, 2.05) is 48.5 Å². The normalized spacial score (nSPS) is 16.9. The molecule has 0 bridgehead atoms. The maximum Gasteiger partial charge on any atom is 0.232 e. The van der Waals surface area contributed by atoms with Crippen LogP contribution in [0.3, 0.4) is 0 Å². The maximum absolute atomic E-state index is 12.5. The summed E-state index contributed by atoms with van der Waals surface area (Å²) < 4.78 is 11.7. The van der Waals surface area contributed by atoms with Crippen LogP contribution in [0.2, 0.25) is 0 Å². The van der Waals surface area contributed by atoms with Gasteiger partial charge >= 0.3 is 0 Å². The van der Waals surface area contributed by atoms with Crippen molar-refractivity contribution in [2.45, 2.75) is 12.3 Å². The highest BCUT2D eigenvalue weighted by Gasteiger charge is 2.35. The molecule has 1 amide bonds. The summed E-state index contributed by atoms with van der Waals surface area (Å²) in [6, 6.07) is 15.1. The van der Waals surface area contributed by atoms with Gasteiger partial charge in [0.25, 0.3) is 0 Å². The summed E-state index contributed by atoms with van der Waals surface area (Å²) in [6.07, 6.45) is 0.346. The highest BCUT2D eigenvalue weighted by molar-refractivity contribution is 9.10. The largest absolute Gasteiger partial charge is 0.497 e. The van der Waals surface area contributed by atoms with E-state index in [0.29, 0.717) is 30.4 Å². The smallest absolute Gasteiger partial charge is 0.232 e. The van der Waals surface area contributed by atoms with Crippen LogP contribution < -0.4 is 9.64 Å². The number of hydrogen-bond donors (Lipinski definition) is 0. The Morgan fingerprint density at radius 3 is 2.81 bits per heavy atom. The lowest BCUT2D eigenvalue weighted by Gasteiger charge is -2.16. The van der Waals surface area contributed by atoms with Gasteiger partial charge in [0, 0.05) is 34.8 Å². The lowest BCUT2D eigenvalue weighted by atomic mass is 10.1. The number of halogens is 1. The Balaban J connectivity index is 1.54. The first-order valence-corrected chi connectivity index (χ1v) is 8.97. The van der Waals surface area contributed by atoms with Gasteiger partial charge < -0.3 is 14.2 Å². The fourth-order valence-corrected chi connectivity index (χ4v) is 3.28. The molecule has 0 aliphatic carbocycles. The molecule has 1 aliphatic heterocycles. The predicted molar refractivity (Wildman–Crippen MR) is 100 cm³/mol. The van der Waals surface area contributed by atoms with E-state index in [4.69, 9.17) is 9.26 Å². The average Bonchev–Trinajstić information content (AvgIpc) is 3.29. The van der Waals surface area contributed by atoms with Gasteiger partial charge in [-0.05, 0) is 36.4 Å². The first-order valence-electron chi connectivity index (χ1n) is 8.18. The van der Waals surface area contributed by atoms with Crippen LogP contribution in [0.5, 0.6) is 5.75 Å². The Labute approximate surface area is 158 Å². The van der Waals surface area contributed by atoms with Gasteiger partial charge in [0.2, 0.25) is 17.6 Å². The molecule has 0 spiro atoms. The molecule has 0 N–H and O–H groups in total. The van der Waals surface area contributed by atoms with Crippen molar-refractivity contribution in [3.05, 3.63) is 58.9 Å². The zero-order valence-electron chi connectivity index (χ0n) is 14.1. The number of amides is 1. The summed E-state index contributed by atoms with van der Waals surface area (Å²) in [5, 5.41) is 4.06. The van der Waals surface area contributed by atoms with Crippen LogP contribution in [-0.4, -0.2) is 29.7 Å². The van der Waals surface area contributed by atoms with E-state index in [1.165, 1.54) is 0 Å². The second-order valence-electron chi connectivity index (χ2n) is 6.07. The van der Waals surface area contributed by atoms with Crippen LogP contribution in [0.4, 0.5) is 5.69 Å². The highest BCUT2D eigenvalue weighted by atomic mass is 79.9. The van der Waals surface area contributed by atoms with Crippen molar-refractivity contribution in [1.82, 2.24) is 10.1 Å². The van der Waals surface area contributed by atoms with Crippen molar-refractivity contribution >= 4 is 27.5 Å². The second kappa shape index (κ2) is 6.92. The number of rotatable bonds is 4. The number of nitrogens with zero attached hydrogens (tertiary/aromatic N) is 3. The van der Waals surface area contributed by atoms with Gasteiger partial charge in [0.15, 0.2) is 0 Å². The summed E-state index contributed by atoms with van der Waals surface area (Å²) in [6.45, 7) is 0.508. The fourth-order valence-electron chi connectivity index (χ4n) is 3.02. The number of carbonyl (C=O) groups is 1. The Morgan fingerprint density at radius 1 is 1.23 bits per heavy atom. The number of carbonyl (C=O) groups excluding carboxylic acids is 1. The highest BCUT2D eigenvalue weighted by Crippen LogP contribution is 2.33. The molecule has 1 aliphatic rings. The van der Waals surface area contributed by atoms with Crippen LogP contribution in [-0.2, 0) is 4.79 Å². The van der Waals surface area contributed by atoms with Gasteiger partial charge in [-0.15, -0.1) is 0 Å². The average molecular weight is 414 g/mol. The van der Waals surface area contributed by atoms with Crippen LogP contribution in [0.25, 0.3) is 11.4 Å². The van der Waals surface area contributed by atoms with E-state index in [9.17, 15) is 4.79 Å². The lowest BCUT2D eigenvalue weighted by Crippen LogP contribution is -2.24. The van der Waals surface area contributed by atoms with Crippen molar-refractivity contribution in [3.63, 3.8) is 0 Å². The lowest BCUT2D eigenvalue weighted by molar-refractivity contribution is -0.117. The maximum atomic E-state index is 12.5. The predicted octanol–water partition coefficient (Wildman–Crippen LogP) is 4.03. The first-order chi connectivity index (χ1) is 12.6. The molecule has 3 aromatic rings. The molecule has 0 radical (unpaired) electrons. The minimum absolute atomic E-state index is 0.0339. The quantitative estimate of drug-likeness (QED) is 0.645. The zero-order chi connectivity index (χ0) is 18.1. The van der Waals surface area contributed by atoms with Crippen LogP contribution >= 0.6 is 15.9 Å². The van der Waals surface area contributed by atoms with E-state index < -0.39 is 0 Å². The van der Waals surface area contributed by atoms with Crippen molar-refractivity contribution in [2.75, 3.05) is 18.6 Å². The van der Waals surface area contributed by atoms with Gasteiger partial charge in [0.05, 0.1) is 13.0 Å². The van der Waals surface area contributed by atoms with E-state index in [0.717, 1.165) is 15.7 Å². The molecular formula is C19H16BrN3O3. The summed E-state index contributed by atoms with van der Waals surface area (Å²) >= 11 is 3.41. The molecule has 26 heavy (non-hydrogen) atoms. The molecule has 132 valence electrons. The molecule has 1 fully saturated rings. The van der Waals surface area contributed by atoms with Crippen molar-refractivity contribution in [1.29, 1.82) is 0 Å². The molecule has 0 saturated carbocycles. The van der Waals surface area contributed by atoms with Gasteiger partial charge in [-0.2, -0.15) is 4.98 Å². The third-order valence-corrected chi connectivity index (χ3v) is 4.91. The Hall–Kier alpha value is -2.67. The van der Waals surface area contributed by atoms with Crippen molar-refractivity contribution in [2.24, 2.45) is 0 Å². The SMILES string of the molecule is COc1cccc(N2CC(c3nc(-c4ccc(Br)cc4)no3)CC2=O)c1. The fraction of sp³-hybridized carbons (Fsp3) is 0.211. The molecule has 1 atom stereocenters. The summed E-state index contributed by atoms with van der Waals surface area (Å²) in [5.74, 6) is 1.65. The molecular weight excluding hydrogens is 398 g/mol. The van der Waals surface area contributed by atoms with E-state index in [-0.39, 0.29) is 11.8 Å². The second-order valence-corrected chi connectivity index (χ2v) is 6.99. The topological polar surface area (TPSA) is 68.5 Å². The van der Waals surface area contributed by atoms with Gasteiger partial charge in [-0.3, -0.25) is 4.79 Å². The van der Waals surface area contributed by atoms with E-state index in [1.54, 1.807) is 12.0 Å². The molecule has 2 heterocycles. The minimum Gasteiger partial charge on any atom is -0.497 e. The van der Waals surface area contributed by atoms with Crippen molar-refractivity contribution in [3.8, 4) is 17.1 Å². The standard InChI is InChI=1S/C19H16BrN3O3/c1-25-16-4-2-3-15(10-16)23-11-13(9-17(23)24)19-21-18(22-26-19)12-5-7-14(20)8-6-12/h2-8,10,13H,9,11H2,1H3. The third kappa shape index (κ3) is 3.22. The molecule has 7 heteroatoms. The molecule has 2 aromatic carbocycles. The molecule has 1 unspecified atom stereocenters. The number of methoxy groups -OCH3 is 1. The molecule has 4 rings (SSSR count). The number of benzene rings is 2. The Bertz CT molecular complexity index is 939. The van der Waals surface area contributed by atoms with Gasteiger partial charge in [0.1, 0.15) is 5.75 Å². The number of anilines is 1. The summed E-state index contributed by atoms with van der Waals surface area (Å²) in [5.41, 5.74) is 1.68. The van der Waals surface area contributed by atoms with Gasteiger partial charge in [-0.1, -0.05) is 27.2 Å². The molecule has 6 nitrogen and oxygen atoms in total. The summed E-state index contributed by atoms with van der Waals surface area (Å²) in [7, 11) is 1.61. The number of ether oxygens (including phenoxy) is 1. The van der Waals surface area contributed by atoms with E-state index >= 15 is 0 Å². The minimum atomic E-state index is -0.120. The number of aromatic nitrogens is 2. The first kappa shape index (κ1) is 16.8. The Kier molecular flexibility index (Phi) is 4.46. The van der Waals surface area contributed by atoms with Crippen LogP contribution in [0, 0.1) is 0 Å². The van der Waals surface area contributed by atoms with Crippen LogP contribution in [0.1, 0.15) is 18.2 Å². The third-order valence-electron chi connectivity index (χ3n) is 4.38. The van der Waals surface area contributed by atoms with Crippen LogP contribution in [0.15, 0.2) is 57.5 Å². The van der Waals surface area contributed by atoms with E-state index in [2.05, 4.69) is 26.1 Å².